The van der Waals surface area contributed by atoms with Gasteiger partial charge in [-0.25, -0.2) is 19.5 Å². The van der Waals surface area contributed by atoms with Crippen LogP contribution >= 0.6 is 0 Å². The zero-order chi connectivity index (χ0) is 24.9. The molecule has 7 heteroatoms. The number of nitrogens with zero attached hydrogens (tertiary/aromatic N) is 7. The van der Waals surface area contributed by atoms with Gasteiger partial charge in [0.25, 0.3) is 0 Å². The second kappa shape index (κ2) is 11.1. The highest BCUT2D eigenvalue weighted by Gasteiger charge is 2.45. The van der Waals surface area contributed by atoms with Crippen LogP contribution in [0.25, 0.3) is 17.8 Å². The van der Waals surface area contributed by atoms with Crippen molar-refractivity contribution >= 4 is 23.6 Å². The molecule has 2 fully saturated rings. The van der Waals surface area contributed by atoms with E-state index in [1.54, 1.807) is 0 Å². The van der Waals surface area contributed by atoms with Gasteiger partial charge in [0, 0.05) is 31.0 Å². The van der Waals surface area contributed by atoms with Gasteiger partial charge in [0.2, 0.25) is 0 Å². The molecule has 0 bridgehead atoms. The van der Waals surface area contributed by atoms with Crippen LogP contribution in [0, 0.1) is 25.2 Å². The lowest BCUT2D eigenvalue weighted by Crippen LogP contribution is -2.20. The first-order valence-electron chi connectivity index (χ1n) is 12.9. The minimum absolute atomic E-state index is 0.443. The predicted molar refractivity (Wildman–Crippen MR) is 141 cm³/mol. The molecule has 3 aromatic rings. The lowest BCUT2D eigenvalue weighted by Gasteiger charge is -2.17. The zero-order valence-electron chi connectivity index (χ0n) is 22.3. The molecule has 0 spiro atoms. The third-order valence-corrected chi connectivity index (χ3v) is 6.49. The molecule has 0 amide bonds. The molecule has 0 radical (unpaired) electrons. The van der Waals surface area contributed by atoms with E-state index in [1.807, 2.05) is 64.4 Å². The maximum absolute atomic E-state index is 4.86. The van der Waals surface area contributed by atoms with Gasteiger partial charge in [-0.3, -0.25) is 4.98 Å². The molecule has 0 unspecified atom stereocenters. The maximum atomic E-state index is 4.86. The highest BCUT2D eigenvalue weighted by Crippen LogP contribution is 2.53. The summed E-state index contributed by atoms with van der Waals surface area (Å²) in [5.41, 5.74) is 4.21. The number of aryl methyl sites for hydroxylation is 2. The van der Waals surface area contributed by atoms with E-state index >= 15 is 0 Å². The summed E-state index contributed by atoms with van der Waals surface area (Å²) in [5, 5.41) is 4.60. The van der Waals surface area contributed by atoms with E-state index in [0.717, 1.165) is 53.9 Å². The molecule has 0 N–H and O–H groups in total. The van der Waals surface area contributed by atoms with Crippen LogP contribution in [0.15, 0.2) is 12.3 Å². The zero-order valence-corrected chi connectivity index (χ0v) is 22.3. The van der Waals surface area contributed by atoms with Crippen molar-refractivity contribution in [2.75, 3.05) is 18.0 Å². The van der Waals surface area contributed by atoms with Crippen molar-refractivity contribution < 1.29 is 0 Å². The van der Waals surface area contributed by atoms with Crippen LogP contribution < -0.4 is 4.90 Å². The van der Waals surface area contributed by atoms with Crippen LogP contribution in [0.2, 0.25) is 0 Å². The number of fused-ring (bicyclic) bond motifs is 1. The molecule has 1 aliphatic heterocycles. The first-order valence-corrected chi connectivity index (χ1v) is 12.9. The molecular formula is C27H41N7. The van der Waals surface area contributed by atoms with E-state index in [1.165, 1.54) is 19.3 Å². The Bertz CT molecular complexity index is 1080. The van der Waals surface area contributed by atoms with Crippen molar-refractivity contribution in [2.45, 2.75) is 81.1 Å². The molecule has 34 heavy (non-hydrogen) atoms. The van der Waals surface area contributed by atoms with Crippen LogP contribution in [0.5, 0.6) is 0 Å². The molecule has 184 valence electrons. The Morgan fingerprint density at radius 2 is 1.62 bits per heavy atom. The minimum Gasteiger partial charge on any atom is -0.356 e. The van der Waals surface area contributed by atoms with Gasteiger partial charge in [0.05, 0.1) is 11.4 Å². The van der Waals surface area contributed by atoms with E-state index < -0.39 is 0 Å². The summed E-state index contributed by atoms with van der Waals surface area (Å²) in [6.45, 7) is 18.8. The largest absolute Gasteiger partial charge is 0.356 e. The third-order valence-electron chi connectivity index (χ3n) is 6.49. The SMILES string of the molecule is CC.CC.Cc1ncc(C)n2nc(/C=C/c3nc(C[C@@H]4CC4(C)C)cc(N4CCCC4)n3)nc12. The number of anilines is 1. The summed E-state index contributed by atoms with van der Waals surface area (Å²) in [6, 6.07) is 2.19. The summed E-state index contributed by atoms with van der Waals surface area (Å²) in [5.74, 6) is 3.15. The summed E-state index contributed by atoms with van der Waals surface area (Å²) >= 11 is 0. The second-order valence-corrected chi connectivity index (χ2v) is 9.39. The fourth-order valence-electron chi connectivity index (χ4n) is 4.30. The summed E-state index contributed by atoms with van der Waals surface area (Å²) in [6.07, 6.45) is 10.4. The van der Waals surface area contributed by atoms with Gasteiger partial charge < -0.3 is 4.90 Å². The lowest BCUT2D eigenvalue weighted by atomic mass is 10.1. The molecule has 0 aromatic carbocycles. The van der Waals surface area contributed by atoms with Gasteiger partial charge >= 0.3 is 0 Å². The Morgan fingerprint density at radius 1 is 0.971 bits per heavy atom. The van der Waals surface area contributed by atoms with E-state index in [-0.39, 0.29) is 0 Å². The van der Waals surface area contributed by atoms with Crippen molar-refractivity contribution in [1.29, 1.82) is 0 Å². The Morgan fingerprint density at radius 3 is 2.24 bits per heavy atom. The van der Waals surface area contributed by atoms with Crippen molar-refractivity contribution in [3.05, 3.63) is 41.0 Å². The van der Waals surface area contributed by atoms with Crippen molar-refractivity contribution in [3.63, 3.8) is 0 Å². The quantitative estimate of drug-likeness (QED) is 0.466. The van der Waals surface area contributed by atoms with Gasteiger partial charge in [-0.05, 0) is 63.0 Å². The van der Waals surface area contributed by atoms with E-state index in [4.69, 9.17) is 9.97 Å². The van der Waals surface area contributed by atoms with Crippen LogP contribution in [-0.2, 0) is 6.42 Å². The van der Waals surface area contributed by atoms with Crippen LogP contribution in [0.4, 0.5) is 5.82 Å². The molecule has 7 nitrogen and oxygen atoms in total. The third kappa shape index (κ3) is 5.80. The number of hydrogen-bond acceptors (Lipinski definition) is 6. The predicted octanol–water partition coefficient (Wildman–Crippen LogP) is 5.94. The second-order valence-electron chi connectivity index (χ2n) is 9.39. The van der Waals surface area contributed by atoms with Gasteiger partial charge in [-0.15, -0.1) is 5.10 Å². The Kier molecular flexibility index (Phi) is 8.39. The number of hydrogen-bond donors (Lipinski definition) is 0. The average Bonchev–Trinajstić information content (AvgIpc) is 3.28. The first kappa shape index (κ1) is 25.8. The summed E-state index contributed by atoms with van der Waals surface area (Å²) in [7, 11) is 0. The molecule has 1 aliphatic carbocycles. The van der Waals surface area contributed by atoms with Gasteiger partial charge in [-0.1, -0.05) is 41.5 Å². The fraction of sp³-hybridized carbons (Fsp3) is 0.593. The van der Waals surface area contributed by atoms with Crippen LogP contribution in [0.1, 0.15) is 89.5 Å². The Balaban J connectivity index is 0.000000771. The van der Waals surface area contributed by atoms with E-state index in [9.17, 15) is 0 Å². The van der Waals surface area contributed by atoms with Crippen LogP contribution in [-0.4, -0.2) is 42.6 Å². The fourth-order valence-corrected chi connectivity index (χ4v) is 4.30. The molecule has 1 saturated heterocycles. The van der Waals surface area contributed by atoms with Crippen molar-refractivity contribution in [3.8, 4) is 0 Å². The standard InChI is InChI=1S/C23H29N7.2C2H6/c1-15-14-24-16(2)22-27-20(28-30(15)22)8-7-19-25-18(11-17-13-23(17,3)4)12-21(26-19)29-9-5-6-10-29;2*1-2/h7-8,12,14,17H,5-6,9-11,13H2,1-4H3;2*1-2H3/b8-7+;;/t17-;;/m1../s1. The molecular weight excluding hydrogens is 422 g/mol. The van der Waals surface area contributed by atoms with Crippen LogP contribution in [0.3, 0.4) is 0 Å². The van der Waals surface area contributed by atoms with Gasteiger partial charge in [0.1, 0.15) is 5.82 Å². The summed E-state index contributed by atoms with van der Waals surface area (Å²) in [4.78, 5) is 21.1. The molecule has 1 saturated carbocycles. The minimum atomic E-state index is 0.443. The van der Waals surface area contributed by atoms with Gasteiger partial charge in [0.15, 0.2) is 17.3 Å². The van der Waals surface area contributed by atoms with Crippen molar-refractivity contribution in [1.82, 2.24) is 29.5 Å². The normalized spacial score (nSPS) is 18.5. The van der Waals surface area contributed by atoms with Crippen molar-refractivity contribution in [2.24, 2.45) is 11.3 Å². The monoisotopic (exact) mass is 463 g/mol. The van der Waals surface area contributed by atoms with E-state index in [2.05, 4.69) is 39.9 Å². The molecule has 2 aliphatic rings. The highest BCUT2D eigenvalue weighted by molar-refractivity contribution is 5.65. The smallest absolute Gasteiger partial charge is 0.177 e. The molecule has 3 aromatic heterocycles. The average molecular weight is 464 g/mol. The first-order chi connectivity index (χ1) is 16.4. The molecule has 4 heterocycles. The molecule has 1 atom stereocenters. The molecule has 5 rings (SSSR count). The topological polar surface area (TPSA) is 72.1 Å². The summed E-state index contributed by atoms with van der Waals surface area (Å²) < 4.78 is 1.84. The lowest BCUT2D eigenvalue weighted by molar-refractivity contribution is 0.553. The number of aromatic nitrogens is 6. The van der Waals surface area contributed by atoms with E-state index in [0.29, 0.717) is 17.2 Å². The Labute approximate surface area is 204 Å². The van der Waals surface area contributed by atoms with Gasteiger partial charge in [-0.2, -0.15) is 0 Å². The highest BCUT2D eigenvalue weighted by atomic mass is 15.3. The maximum Gasteiger partial charge on any atom is 0.177 e. The number of rotatable bonds is 5. The Hall–Kier alpha value is -2.83.